The van der Waals surface area contributed by atoms with Crippen LogP contribution in [0, 0.1) is 0 Å². The average Bonchev–Trinajstić information content (AvgIpc) is 3.06. The van der Waals surface area contributed by atoms with Gasteiger partial charge in [-0.25, -0.2) is 4.90 Å². The Kier molecular flexibility index (Phi) is 3.50. The molecule has 2 aromatic rings. The minimum atomic E-state index is -0.743. The quantitative estimate of drug-likeness (QED) is 0.784. The van der Waals surface area contributed by atoms with Gasteiger partial charge in [-0.3, -0.25) is 28.9 Å². The van der Waals surface area contributed by atoms with Crippen molar-refractivity contribution in [2.45, 2.75) is 6.42 Å². The van der Waals surface area contributed by atoms with Gasteiger partial charge in [-0.05, 0) is 24.3 Å². The van der Waals surface area contributed by atoms with E-state index in [9.17, 15) is 24.0 Å². The van der Waals surface area contributed by atoms with Gasteiger partial charge in [0.15, 0.2) is 0 Å². The van der Waals surface area contributed by atoms with Crippen LogP contribution < -0.4 is 0 Å². The molecule has 7 nitrogen and oxygen atoms in total. The van der Waals surface area contributed by atoms with E-state index in [4.69, 9.17) is 0 Å². The van der Waals surface area contributed by atoms with Gasteiger partial charge in [-0.2, -0.15) is 0 Å². The molecule has 4 rings (SSSR count). The maximum absolute atomic E-state index is 12.4. The van der Waals surface area contributed by atoms with Crippen molar-refractivity contribution in [3.8, 4) is 0 Å². The predicted molar refractivity (Wildman–Crippen MR) is 88.4 cm³/mol. The van der Waals surface area contributed by atoms with E-state index in [-0.39, 0.29) is 35.2 Å². The molecule has 0 N–H and O–H groups in total. The van der Waals surface area contributed by atoms with Gasteiger partial charge >= 0.3 is 0 Å². The van der Waals surface area contributed by atoms with Crippen LogP contribution in [0.2, 0.25) is 0 Å². The highest BCUT2D eigenvalue weighted by Crippen LogP contribution is 2.25. The summed E-state index contributed by atoms with van der Waals surface area (Å²) < 4.78 is 0. The zero-order chi connectivity index (χ0) is 18.4. The average molecular weight is 348 g/mol. The van der Waals surface area contributed by atoms with Crippen molar-refractivity contribution >= 4 is 29.5 Å². The first-order valence-electron chi connectivity index (χ1n) is 7.96. The minimum absolute atomic E-state index is 0.173. The molecule has 0 aliphatic carbocycles. The highest BCUT2D eigenvalue weighted by molar-refractivity contribution is 6.29. The molecule has 0 aromatic heterocycles. The fourth-order valence-electron chi connectivity index (χ4n) is 3.18. The lowest BCUT2D eigenvalue weighted by molar-refractivity contribution is -0.126. The number of hydrogen-bond acceptors (Lipinski definition) is 5. The largest absolute Gasteiger partial charge is 0.274 e. The molecule has 0 saturated carbocycles. The van der Waals surface area contributed by atoms with Crippen LogP contribution in [0.4, 0.5) is 0 Å². The van der Waals surface area contributed by atoms with Gasteiger partial charge in [-0.1, -0.05) is 24.3 Å². The van der Waals surface area contributed by atoms with Crippen molar-refractivity contribution < 1.29 is 24.0 Å². The molecule has 0 spiro atoms. The predicted octanol–water partition coefficient (Wildman–Crippen LogP) is 1.50. The van der Waals surface area contributed by atoms with Crippen molar-refractivity contribution in [1.82, 2.24) is 9.80 Å². The maximum Gasteiger partial charge on any atom is 0.268 e. The third kappa shape index (κ3) is 2.17. The van der Waals surface area contributed by atoms with Crippen molar-refractivity contribution in [2.24, 2.45) is 0 Å². The van der Waals surface area contributed by atoms with Gasteiger partial charge in [0.2, 0.25) is 5.91 Å². The smallest absolute Gasteiger partial charge is 0.268 e. The molecule has 7 heteroatoms. The Morgan fingerprint density at radius 3 is 1.46 bits per heavy atom. The Morgan fingerprint density at radius 2 is 1.04 bits per heavy atom. The van der Waals surface area contributed by atoms with E-state index in [1.807, 2.05) is 0 Å². The summed E-state index contributed by atoms with van der Waals surface area (Å²) in [5, 5.41) is 0. The fourth-order valence-corrected chi connectivity index (χ4v) is 3.18. The van der Waals surface area contributed by atoms with E-state index in [0.29, 0.717) is 4.90 Å². The summed E-state index contributed by atoms with van der Waals surface area (Å²) in [7, 11) is 0. The topological polar surface area (TPSA) is 91.8 Å². The maximum atomic E-state index is 12.4. The standard InChI is InChI=1S/C19H12N2O5/c22-15(21-18(25)13-7-3-4-8-14(13)19(21)26)9-10-20-16(23)11-5-1-2-6-12(11)17(20)24/h1-8H,9-10H2. The zero-order valence-electron chi connectivity index (χ0n) is 13.5. The molecule has 2 aliphatic heterocycles. The summed E-state index contributed by atoms with van der Waals surface area (Å²) in [6.45, 7) is -0.196. The molecule has 5 amide bonds. The normalized spacial score (nSPS) is 15.5. The minimum Gasteiger partial charge on any atom is -0.274 e. The molecular formula is C19H12N2O5. The summed E-state index contributed by atoms with van der Waals surface area (Å²) in [4.78, 5) is 63.1. The lowest BCUT2D eigenvalue weighted by Crippen LogP contribution is -2.39. The third-order valence-electron chi connectivity index (χ3n) is 4.47. The first-order valence-corrected chi connectivity index (χ1v) is 7.96. The molecule has 0 radical (unpaired) electrons. The van der Waals surface area contributed by atoms with E-state index in [1.54, 1.807) is 36.4 Å². The number of fused-ring (bicyclic) bond motifs is 2. The van der Waals surface area contributed by atoms with Gasteiger partial charge in [0.1, 0.15) is 0 Å². The van der Waals surface area contributed by atoms with Crippen molar-refractivity contribution in [3.05, 3.63) is 70.8 Å². The third-order valence-corrected chi connectivity index (χ3v) is 4.47. The molecule has 128 valence electrons. The van der Waals surface area contributed by atoms with Crippen LogP contribution in [0.15, 0.2) is 48.5 Å². The van der Waals surface area contributed by atoms with E-state index < -0.39 is 29.5 Å². The van der Waals surface area contributed by atoms with Gasteiger partial charge < -0.3 is 0 Å². The van der Waals surface area contributed by atoms with Crippen molar-refractivity contribution in [2.75, 3.05) is 6.54 Å². The number of carbonyl (C=O) groups excluding carboxylic acids is 5. The fraction of sp³-hybridized carbons (Fsp3) is 0.105. The Labute approximate surface area is 147 Å². The van der Waals surface area contributed by atoms with Gasteiger partial charge in [0, 0.05) is 13.0 Å². The molecule has 0 bridgehead atoms. The second-order valence-corrected chi connectivity index (χ2v) is 5.94. The molecule has 26 heavy (non-hydrogen) atoms. The highest BCUT2D eigenvalue weighted by atomic mass is 16.2. The molecule has 0 unspecified atom stereocenters. The van der Waals surface area contributed by atoms with Gasteiger partial charge in [0.05, 0.1) is 22.3 Å². The van der Waals surface area contributed by atoms with Crippen LogP contribution >= 0.6 is 0 Å². The molecule has 2 heterocycles. The zero-order valence-corrected chi connectivity index (χ0v) is 13.5. The van der Waals surface area contributed by atoms with E-state index in [1.165, 1.54) is 12.1 Å². The van der Waals surface area contributed by atoms with E-state index >= 15 is 0 Å². The number of benzene rings is 2. The number of carbonyl (C=O) groups is 5. The molecule has 0 fully saturated rings. The number of nitrogens with zero attached hydrogens (tertiary/aromatic N) is 2. The van der Waals surface area contributed by atoms with Crippen molar-refractivity contribution in [3.63, 3.8) is 0 Å². The lowest BCUT2D eigenvalue weighted by Gasteiger charge is -2.16. The first kappa shape index (κ1) is 15.9. The highest BCUT2D eigenvalue weighted by Gasteiger charge is 2.40. The summed E-state index contributed by atoms with van der Waals surface area (Å²) in [5.41, 5.74) is 0.912. The molecular weight excluding hydrogens is 336 g/mol. The van der Waals surface area contributed by atoms with Gasteiger partial charge in [0.25, 0.3) is 23.6 Å². The van der Waals surface area contributed by atoms with Crippen LogP contribution in [-0.4, -0.2) is 45.9 Å². The van der Waals surface area contributed by atoms with Crippen molar-refractivity contribution in [1.29, 1.82) is 0 Å². The summed E-state index contributed by atoms with van der Waals surface area (Å²) in [6, 6.07) is 12.6. The molecule has 0 atom stereocenters. The Morgan fingerprint density at radius 1 is 0.654 bits per heavy atom. The Balaban J connectivity index is 1.49. The van der Waals surface area contributed by atoms with Crippen LogP contribution in [0.25, 0.3) is 0 Å². The second-order valence-electron chi connectivity index (χ2n) is 5.94. The number of rotatable bonds is 3. The Hall–Kier alpha value is -3.61. The SMILES string of the molecule is O=C1c2ccccc2C(=O)N1CCC(=O)N1C(=O)c2ccccc2C1=O. The summed E-state index contributed by atoms with van der Waals surface area (Å²) >= 11 is 0. The van der Waals surface area contributed by atoms with E-state index in [2.05, 4.69) is 0 Å². The van der Waals surface area contributed by atoms with Crippen LogP contribution in [0.5, 0.6) is 0 Å². The van der Waals surface area contributed by atoms with E-state index in [0.717, 1.165) is 4.90 Å². The monoisotopic (exact) mass is 348 g/mol. The number of amides is 5. The second kappa shape index (κ2) is 5.73. The van der Waals surface area contributed by atoms with Crippen LogP contribution in [0.3, 0.4) is 0 Å². The lowest BCUT2D eigenvalue weighted by atomic mass is 10.1. The van der Waals surface area contributed by atoms with Crippen LogP contribution in [-0.2, 0) is 4.79 Å². The first-order chi connectivity index (χ1) is 12.5. The van der Waals surface area contributed by atoms with Gasteiger partial charge in [-0.15, -0.1) is 0 Å². The summed E-state index contributed by atoms with van der Waals surface area (Å²) in [5.74, 6) is -3.08. The molecule has 0 saturated heterocycles. The molecule has 2 aliphatic rings. The van der Waals surface area contributed by atoms with Crippen LogP contribution in [0.1, 0.15) is 47.9 Å². The Bertz CT molecular complexity index is 940. The number of imide groups is 4. The molecule has 2 aromatic carbocycles. The number of hydrogen-bond donors (Lipinski definition) is 0. The summed E-state index contributed by atoms with van der Waals surface area (Å²) in [6.07, 6.45) is -0.309.